The summed E-state index contributed by atoms with van der Waals surface area (Å²) >= 11 is 0. The first-order chi connectivity index (χ1) is 6.90. The Hall–Kier alpha value is -0.120. The molecular formula is C11H22N2O. The van der Waals surface area contributed by atoms with Crippen LogP contribution in [0, 0.1) is 5.92 Å². The van der Waals surface area contributed by atoms with Crippen molar-refractivity contribution < 1.29 is 4.74 Å². The number of ether oxygens (including phenoxy) is 1. The van der Waals surface area contributed by atoms with Crippen LogP contribution in [-0.4, -0.2) is 38.4 Å². The molecule has 1 heterocycles. The van der Waals surface area contributed by atoms with Crippen LogP contribution < -0.4 is 10.6 Å². The fraction of sp³-hybridized carbons (Fsp3) is 1.00. The molecule has 2 fully saturated rings. The molecule has 3 atom stereocenters. The van der Waals surface area contributed by atoms with Crippen LogP contribution in [0.2, 0.25) is 0 Å². The molecule has 14 heavy (non-hydrogen) atoms. The van der Waals surface area contributed by atoms with E-state index in [9.17, 15) is 0 Å². The highest BCUT2D eigenvalue weighted by Gasteiger charge is 2.35. The normalized spacial score (nSPS) is 37.1. The molecular weight excluding hydrogens is 176 g/mol. The van der Waals surface area contributed by atoms with Gasteiger partial charge in [-0.05, 0) is 18.8 Å². The Morgan fingerprint density at radius 3 is 3.14 bits per heavy atom. The van der Waals surface area contributed by atoms with Crippen molar-refractivity contribution >= 4 is 0 Å². The van der Waals surface area contributed by atoms with Crippen molar-refractivity contribution in [1.82, 2.24) is 10.6 Å². The third kappa shape index (κ3) is 2.94. The molecule has 0 radical (unpaired) electrons. The summed E-state index contributed by atoms with van der Waals surface area (Å²) in [4.78, 5) is 0. The summed E-state index contributed by atoms with van der Waals surface area (Å²) in [5.41, 5.74) is 0. The van der Waals surface area contributed by atoms with Crippen molar-refractivity contribution in [3.63, 3.8) is 0 Å². The SMILES string of the molecule is CCCC1CC1NCC1COCCN1. The Balaban J connectivity index is 1.54. The van der Waals surface area contributed by atoms with Crippen molar-refractivity contribution in [1.29, 1.82) is 0 Å². The van der Waals surface area contributed by atoms with Gasteiger partial charge in [-0.3, -0.25) is 0 Å². The summed E-state index contributed by atoms with van der Waals surface area (Å²) < 4.78 is 5.41. The quantitative estimate of drug-likeness (QED) is 0.684. The maximum atomic E-state index is 5.41. The molecule has 2 rings (SSSR count). The van der Waals surface area contributed by atoms with Crippen molar-refractivity contribution in [3.05, 3.63) is 0 Å². The van der Waals surface area contributed by atoms with E-state index in [-0.39, 0.29) is 0 Å². The van der Waals surface area contributed by atoms with Crippen LogP contribution >= 0.6 is 0 Å². The van der Waals surface area contributed by atoms with Crippen LogP contribution in [0.15, 0.2) is 0 Å². The van der Waals surface area contributed by atoms with E-state index < -0.39 is 0 Å². The lowest BCUT2D eigenvalue weighted by molar-refractivity contribution is 0.0765. The summed E-state index contributed by atoms with van der Waals surface area (Å²) in [6, 6.07) is 1.34. The highest BCUT2D eigenvalue weighted by Crippen LogP contribution is 2.34. The van der Waals surface area contributed by atoms with Gasteiger partial charge >= 0.3 is 0 Å². The predicted molar refractivity (Wildman–Crippen MR) is 57.4 cm³/mol. The second-order valence-corrected chi connectivity index (χ2v) is 4.53. The first-order valence-corrected chi connectivity index (χ1v) is 5.94. The molecule has 0 aromatic heterocycles. The first kappa shape index (κ1) is 10.4. The topological polar surface area (TPSA) is 33.3 Å². The van der Waals surface area contributed by atoms with E-state index in [0.717, 1.165) is 38.3 Å². The Morgan fingerprint density at radius 2 is 2.43 bits per heavy atom. The highest BCUT2D eigenvalue weighted by molar-refractivity contribution is 4.93. The molecule has 2 aliphatic rings. The van der Waals surface area contributed by atoms with E-state index >= 15 is 0 Å². The lowest BCUT2D eigenvalue weighted by atomic mass is 10.2. The molecule has 1 saturated heterocycles. The summed E-state index contributed by atoms with van der Waals surface area (Å²) in [5.74, 6) is 0.963. The zero-order valence-corrected chi connectivity index (χ0v) is 9.09. The van der Waals surface area contributed by atoms with Gasteiger partial charge in [-0.25, -0.2) is 0 Å². The third-order valence-corrected chi connectivity index (χ3v) is 3.21. The van der Waals surface area contributed by atoms with Gasteiger partial charge in [0.1, 0.15) is 0 Å². The molecule has 3 nitrogen and oxygen atoms in total. The van der Waals surface area contributed by atoms with Crippen molar-refractivity contribution in [2.24, 2.45) is 5.92 Å². The van der Waals surface area contributed by atoms with E-state index in [1.807, 2.05) is 0 Å². The monoisotopic (exact) mass is 198 g/mol. The highest BCUT2D eigenvalue weighted by atomic mass is 16.5. The molecule has 3 unspecified atom stereocenters. The Morgan fingerprint density at radius 1 is 1.50 bits per heavy atom. The fourth-order valence-electron chi connectivity index (χ4n) is 2.23. The lowest BCUT2D eigenvalue weighted by Crippen LogP contribution is -2.47. The summed E-state index contributed by atoms with van der Waals surface area (Å²) in [5, 5.41) is 7.08. The minimum absolute atomic E-state index is 0.534. The average molecular weight is 198 g/mol. The standard InChI is InChI=1S/C11H22N2O/c1-2-3-9-6-11(9)13-7-10-8-14-5-4-12-10/h9-13H,2-8H2,1H3. The lowest BCUT2D eigenvalue weighted by Gasteiger charge is -2.24. The molecule has 0 aromatic carbocycles. The molecule has 3 heteroatoms. The summed E-state index contributed by atoms with van der Waals surface area (Å²) in [6.45, 7) is 6.10. The van der Waals surface area contributed by atoms with Gasteiger partial charge in [0.15, 0.2) is 0 Å². The zero-order chi connectivity index (χ0) is 9.80. The van der Waals surface area contributed by atoms with Crippen molar-refractivity contribution in [2.45, 2.75) is 38.3 Å². The summed E-state index contributed by atoms with van der Waals surface area (Å²) in [6.07, 6.45) is 4.11. The fourth-order valence-corrected chi connectivity index (χ4v) is 2.23. The minimum Gasteiger partial charge on any atom is -0.378 e. The second-order valence-electron chi connectivity index (χ2n) is 4.53. The van der Waals surface area contributed by atoms with Gasteiger partial charge < -0.3 is 15.4 Å². The maximum Gasteiger partial charge on any atom is 0.0632 e. The zero-order valence-electron chi connectivity index (χ0n) is 9.09. The van der Waals surface area contributed by atoms with Gasteiger partial charge in [0.25, 0.3) is 0 Å². The van der Waals surface area contributed by atoms with Crippen LogP contribution in [0.4, 0.5) is 0 Å². The van der Waals surface area contributed by atoms with Crippen LogP contribution in [-0.2, 0) is 4.74 Å². The van der Waals surface area contributed by atoms with E-state index in [1.165, 1.54) is 19.3 Å². The van der Waals surface area contributed by atoms with E-state index in [4.69, 9.17) is 4.74 Å². The first-order valence-electron chi connectivity index (χ1n) is 5.94. The van der Waals surface area contributed by atoms with Crippen LogP contribution in [0.25, 0.3) is 0 Å². The molecule has 1 aliphatic heterocycles. The predicted octanol–water partition coefficient (Wildman–Crippen LogP) is 0.753. The van der Waals surface area contributed by atoms with E-state index in [2.05, 4.69) is 17.6 Å². The molecule has 0 amide bonds. The Kier molecular flexibility index (Phi) is 3.79. The van der Waals surface area contributed by atoms with Crippen molar-refractivity contribution in [2.75, 3.05) is 26.3 Å². The molecule has 0 spiro atoms. The largest absolute Gasteiger partial charge is 0.378 e. The van der Waals surface area contributed by atoms with Crippen molar-refractivity contribution in [3.8, 4) is 0 Å². The second kappa shape index (κ2) is 5.10. The number of rotatable bonds is 5. The molecule has 2 N–H and O–H groups in total. The molecule has 82 valence electrons. The van der Waals surface area contributed by atoms with E-state index in [0.29, 0.717) is 6.04 Å². The number of nitrogens with one attached hydrogen (secondary N) is 2. The van der Waals surface area contributed by atoms with Crippen LogP contribution in [0.1, 0.15) is 26.2 Å². The number of morpholine rings is 1. The third-order valence-electron chi connectivity index (χ3n) is 3.21. The van der Waals surface area contributed by atoms with Gasteiger partial charge in [0, 0.05) is 25.2 Å². The molecule has 1 aliphatic carbocycles. The van der Waals surface area contributed by atoms with Crippen LogP contribution in [0.5, 0.6) is 0 Å². The Labute approximate surface area is 86.6 Å². The molecule has 0 bridgehead atoms. The Bertz CT molecular complexity index is 169. The molecule has 0 aromatic rings. The summed E-state index contributed by atoms with van der Waals surface area (Å²) in [7, 11) is 0. The smallest absolute Gasteiger partial charge is 0.0632 e. The van der Waals surface area contributed by atoms with Gasteiger partial charge in [0.2, 0.25) is 0 Å². The average Bonchev–Trinajstić information content (AvgIpc) is 2.96. The van der Waals surface area contributed by atoms with Gasteiger partial charge in [0.05, 0.1) is 13.2 Å². The van der Waals surface area contributed by atoms with Gasteiger partial charge in [-0.2, -0.15) is 0 Å². The molecule has 1 saturated carbocycles. The van der Waals surface area contributed by atoms with Gasteiger partial charge in [-0.15, -0.1) is 0 Å². The van der Waals surface area contributed by atoms with E-state index in [1.54, 1.807) is 0 Å². The van der Waals surface area contributed by atoms with Gasteiger partial charge in [-0.1, -0.05) is 13.3 Å². The number of hydrogen-bond donors (Lipinski definition) is 2. The maximum absolute atomic E-state index is 5.41. The minimum atomic E-state index is 0.534. The number of hydrogen-bond acceptors (Lipinski definition) is 3. The van der Waals surface area contributed by atoms with Crippen LogP contribution in [0.3, 0.4) is 0 Å².